The molecule has 148 valence electrons. The number of allylic oxidation sites excluding steroid dienone is 2. The van der Waals surface area contributed by atoms with Crippen molar-refractivity contribution >= 4 is 11.6 Å². The van der Waals surface area contributed by atoms with Gasteiger partial charge in [-0.3, -0.25) is 4.79 Å². The molecule has 1 aliphatic carbocycles. The molecule has 4 rings (SSSR count). The molecule has 2 aromatic rings. The number of aryl methyl sites for hydroxylation is 1. The number of anilines is 1. The van der Waals surface area contributed by atoms with Crippen molar-refractivity contribution in [3.63, 3.8) is 0 Å². The highest BCUT2D eigenvalue weighted by Crippen LogP contribution is 2.46. The summed E-state index contributed by atoms with van der Waals surface area (Å²) in [6.45, 7) is 3.85. The van der Waals surface area contributed by atoms with E-state index in [4.69, 9.17) is 0 Å². The number of nitrogens with one attached hydrogen (secondary N) is 1. The molecule has 2 aliphatic rings. The monoisotopic (exact) mass is 389 g/mol. The number of fused-ring (bicyclic) bond motifs is 1. The van der Waals surface area contributed by atoms with E-state index < -0.39 is 11.7 Å². The van der Waals surface area contributed by atoms with Crippen LogP contribution in [-0.4, -0.2) is 15.6 Å². The van der Waals surface area contributed by atoms with Crippen LogP contribution in [0.25, 0.3) is 5.69 Å². The van der Waals surface area contributed by atoms with Crippen molar-refractivity contribution in [2.75, 3.05) is 5.32 Å². The number of alkyl halides is 3. The number of hydrogen-bond donors (Lipinski definition) is 1. The standard InChI is InChI=1S/C21H22F3N3O/c1-3-7-13-18-12(2)26-27(16-10-5-4-8-14(16)21(22,23)24)20(18)25-15-9-6-11-17(28)19(13)15/h4-5,8,10,13,25H,3,6-7,9,11H2,1-2H3/t13-/m1/s1. The molecule has 0 fully saturated rings. The van der Waals surface area contributed by atoms with Crippen LogP contribution < -0.4 is 5.32 Å². The quantitative estimate of drug-likeness (QED) is 0.752. The number of aromatic nitrogens is 2. The lowest BCUT2D eigenvalue weighted by Crippen LogP contribution is -2.27. The van der Waals surface area contributed by atoms with Gasteiger partial charge in [0.15, 0.2) is 5.78 Å². The lowest BCUT2D eigenvalue weighted by Gasteiger charge is -2.32. The first kappa shape index (κ1) is 18.8. The van der Waals surface area contributed by atoms with Crippen molar-refractivity contribution in [1.82, 2.24) is 9.78 Å². The third kappa shape index (κ3) is 2.93. The fraction of sp³-hybridized carbons (Fsp3) is 0.429. The van der Waals surface area contributed by atoms with Gasteiger partial charge in [-0.1, -0.05) is 25.5 Å². The summed E-state index contributed by atoms with van der Waals surface area (Å²) >= 11 is 0. The molecule has 1 aromatic carbocycles. The number of rotatable bonds is 3. The Morgan fingerprint density at radius 2 is 2.00 bits per heavy atom. The zero-order valence-corrected chi connectivity index (χ0v) is 15.9. The molecule has 7 heteroatoms. The Bertz CT molecular complexity index is 972. The van der Waals surface area contributed by atoms with Gasteiger partial charge in [0.25, 0.3) is 0 Å². The van der Waals surface area contributed by atoms with Crippen molar-refractivity contribution in [2.24, 2.45) is 0 Å². The SMILES string of the molecule is CCC[C@H]1C2=C(CCCC2=O)Nc2c1c(C)nn2-c1ccccc1C(F)(F)F. The molecule has 1 N–H and O–H groups in total. The highest BCUT2D eigenvalue weighted by Gasteiger charge is 2.39. The average Bonchev–Trinajstić information content (AvgIpc) is 2.97. The van der Waals surface area contributed by atoms with Crippen molar-refractivity contribution in [3.8, 4) is 5.69 Å². The molecule has 0 saturated carbocycles. The summed E-state index contributed by atoms with van der Waals surface area (Å²) in [7, 11) is 0. The summed E-state index contributed by atoms with van der Waals surface area (Å²) in [6.07, 6.45) is -0.826. The molecule has 1 aromatic heterocycles. The number of carbonyl (C=O) groups excluding carboxylic acids is 1. The van der Waals surface area contributed by atoms with E-state index in [-0.39, 0.29) is 17.4 Å². The molecule has 0 bridgehead atoms. The fourth-order valence-corrected chi connectivity index (χ4v) is 4.41. The van der Waals surface area contributed by atoms with E-state index in [9.17, 15) is 18.0 Å². The van der Waals surface area contributed by atoms with E-state index in [1.165, 1.54) is 16.8 Å². The lowest BCUT2D eigenvalue weighted by molar-refractivity contribution is -0.137. The van der Waals surface area contributed by atoms with Crippen molar-refractivity contribution in [1.29, 1.82) is 0 Å². The van der Waals surface area contributed by atoms with Crippen LogP contribution >= 0.6 is 0 Å². The maximum atomic E-state index is 13.6. The smallest absolute Gasteiger partial charge is 0.343 e. The minimum atomic E-state index is -4.48. The van der Waals surface area contributed by atoms with E-state index in [2.05, 4.69) is 10.4 Å². The summed E-state index contributed by atoms with van der Waals surface area (Å²) in [4.78, 5) is 12.6. The zero-order chi connectivity index (χ0) is 20.1. The van der Waals surface area contributed by atoms with E-state index in [1.54, 1.807) is 13.0 Å². The Morgan fingerprint density at radius 3 is 2.71 bits per heavy atom. The molecule has 0 radical (unpaired) electrons. The van der Waals surface area contributed by atoms with E-state index in [0.29, 0.717) is 17.9 Å². The fourth-order valence-electron chi connectivity index (χ4n) is 4.41. The molecule has 0 amide bonds. The van der Waals surface area contributed by atoms with Gasteiger partial charge in [-0.05, 0) is 38.3 Å². The molecule has 4 nitrogen and oxygen atoms in total. The van der Waals surface area contributed by atoms with E-state index in [1.807, 2.05) is 6.92 Å². The van der Waals surface area contributed by atoms with E-state index >= 15 is 0 Å². The van der Waals surface area contributed by atoms with Gasteiger partial charge in [0.2, 0.25) is 0 Å². The van der Waals surface area contributed by atoms with Gasteiger partial charge < -0.3 is 5.32 Å². The summed E-state index contributed by atoms with van der Waals surface area (Å²) in [6, 6.07) is 5.46. The van der Waals surface area contributed by atoms with Crippen LogP contribution in [0, 0.1) is 6.92 Å². The zero-order valence-electron chi connectivity index (χ0n) is 15.9. The normalized spacial score (nSPS) is 19.3. The Hall–Kier alpha value is -2.57. The van der Waals surface area contributed by atoms with Crippen LogP contribution in [0.3, 0.4) is 0 Å². The summed E-state index contributed by atoms with van der Waals surface area (Å²) in [5.74, 6) is 0.581. The van der Waals surface area contributed by atoms with Crippen LogP contribution in [0.1, 0.15) is 61.8 Å². The predicted molar refractivity (Wildman–Crippen MR) is 100 cm³/mol. The number of hydrogen-bond acceptors (Lipinski definition) is 3. The number of halogens is 3. The topological polar surface area (TPSA) is 46.9 Å². The van der Waals surface area contributed by atoms with Crippen LogP contribution in [0.5, 0.6) is 0 Å². The molecule has 0 unspecified atom stereocenters. The Morgan fingerprint density at radius 1 is 1.25 bits per heavy atom. The Labute approximate surface area is 161 Å². The Kier molecular flexibility index (Phi) is 4.56. The van der Waals surface area contributed by atoms with Gasteiger partial charge in [0.05, 0.1) is 16.9 Å². The van der Waals surface area contributed by atoms with Crippen LogP contribution in [0.2, 0.25) is 0 Å². The van der Waals surface area contributed by atoms with Crippen molar-refractivity contribution in [2.45, 2.75) is 58.0 Å². The first-order valence-electron chi connectivity index (χ1n) is 9.62. The minimum absolute atomic E-state index is 0.00622. The van der Waals surface area contributed by atoms with Gasteiger partial charge >= 0.3 is 6.18 Å². The summed E-state index contributed by atoms with van der Waals surface area (Å²) in [5, 5.41) is 7.74. The lowest BCUT2D eigenvalue weighted by atomic mass is 9.77. The third-order valence-corrected chi connectivity index (χ3v) is 5.54. The number of carbonyl (C=O) groups is 1. The number of para-hydroxylation sites is 1. The first-order valence-corrected chi connectivity index (χ1v) is 9.62. The van der Waals surface area contributed by atoms with Crippen LogP contribution in [0.15, 0.2) is 35.5 Å². The molecule has 1 atom stereocenters. The third-order valence-electron chi connectivity index (χ3n) is 5.54. The second-order valence-electron chi connectivity index (χ2n) is 7.41. The number of ketones is 1. The van der Waals surface area contributed by atoms with Gasteiger partial charge in [0, 0.05) is 29.2 Å². The molecule has 28 heavy (non-hydrogen) atoms. The molecular weight excluding hydrogens is 367 g/mol. The highest BCUT2D eigenvalue weighted by molar-refractivity contribution is 6.00. The number of nitrogens with zero attached hydrogens (tertiary/aromatic N) is 2. The maximum absolute atomic E-state index is 13.6. The highest BCUT2D eigenvalue weighted by atomic mass is 19.4. The van der Waals surface area contributed by atoms with Crippen molar-refractivity contribution < 1.29 is 18.0 Å². The van der Waals surface area contributed by atoms with Gasteiger partial charge in [0.1, 0.15) is 5.82 Å². The molecule has 0 saturated heterocycles. The van der Waals surface area contributed by atoms with Crippen LogP contribution in [-0.2, 0) is 11.0 Å². The molecule has 1 aliphatic heterocycles. The molecular formula is C21H22F3N3O. The summed E-state index contributed by atoms with van der Waals surface area (Å²) < 4.78 is 42.1. The molecule has 2 heterocycles. The number of Topliss-reactive ketones (excluding diaryl/α,β-unsaturated/α-hetero) is 1. The van der Waals surface area contributed by atoms with E-state index in [0.717, 1.165) is 48.6 Å². The number of benzene rings is 1. The summed E-state index contributed by atoms with van der Waals surface area (Å²) in [5.41, 5.74) is 2.40. The van der Waals surface area contributed by atoms with Crippen molar-refractivity contribution in [3.05, 3.63) is 52.4 Å². The van der Waals surface area contributed by atoms with Gasteiger partial charge in [-0.25, -0.2) is 4.68 Å². The minimum Gasteiger partial charge on any atom is -0.343 e. The van der Waals surface area contributed by atoms with Gasteiger partial charge in [-0.15, -0.1) is 0 Å². The first-order chi connectivity index (χ1) is 13.3. The Balaban J connectivity index is 1.92. The van der Waals surface area contributed by atoms with Gasteiger partial charge in [-0.2, -0.15) is 18.3 Å². The predicted octanol–water partition coefficient (Wildman–Crippen LogP) is 5.52. The maximum Gasteiger partial charge on any atom is 0.418 e. The molecule has 0 spiro atoms. The van der Waals surface area contributed by atoms with Crippen LogP contribution in [0.4, 0.5) is 19.0 Å². The second-order valence-corrected chi connectivity index (χ2v) is 7.41. The largest absolute Gasteiger partial charge is 0.418 e. The average molecular weight is 389 g/mol. The second kappa shape index (κ2) is 6.79.